The zero-order valence-electron chi connectivity index (χ0n) is 15.9. The number of carbonyl (C=O) groups is 3. The first kappa shape index (κ1) is 21.6. The second-order valence-electron chi connectivity index (χ2n) is 7.81. The van der Waals surface area contributed by atoms with Crippen molar-refractivity contribution in [2.45, 2.75) is 53.4 Å². The Morgan fingerprint density at radius 1 is 1.24 bits per heavy atom. The maximum Gasteiger partial charge on any atom is 0.327 e. The van der Waals surface area contributed by atoms with Gasteiger partial charge in [0, 0.05) is 4.75 Å². The summed E-state index contributed by atoms with van der Waals surface area (Å²) >= 11 is 1.31. The summed E-state index contributed by atoms with van der Waals surface area (Å²) in [5.41, 5.74) is 5.02. The van der Waals surface area contributed by atoms with E-state index in [9.17, 15) is 27.9 Å². The number of hydrogen-bond acceptors (Lipinski definition) is 7. The molecule has 1 aromatic rings. The van der Waals surface area contributed by atoms with Gasteiger partial charge in [-0.15, -0.1) is 11.8 Å². The second-order valence-corrected chi connectivity index (χ2v) is 11.1. The highest BCUT2D eigenvalue weighted by Gasteiger charge is 2.70. The standard InChI is InChI=1S/C17H22N4O6S2/c1-16(2)11(13(23)24)21-14(25)17(3,15(21)28-16)20-12(22)10(18)8-4-6-9(7-5-8)29(19,26)27/h4-7,10-11,15H,18H2,1-3H3,(H,20,22)(H,23,24)(H2,19,26,27)/t10?,11-,15+,17?/m0/s1. The summed E-state index contributed by atoms with van der Waals surface area (Å²) in [6, 6.07) is 3.07. The van der Waals surface area contributed by atoms with Crippen LogP contribution in [0.1, 0.15) is 32.4 Å². The van der Waals surface area contributed by atoms with Crippen LogP contribution in [0, 0.1) is 0 Å². The fourth-order valence-corrected chi connectivity index (χ4v) is 5.85. The number of rotatable bonds is 5. The molecule has 0 saturated carbocycles. The van der Waals surface area contributed by atoms with E-state index >= 15 is 0 Å². The van der Waals surface area contributed by atoms with Crippen molar-refractivity contribution in [3.05, 3.63) is 29.8 Å². The number of β-lactam (4-membered cyclic amide) rings is 1. The van der Waals surface area contributed by atoms with Crippen LogP contribution in [0.5, 0.6) is 0 Å². The van der Waals surface area contributed by atoms with E-state index in [-0.39, 0.29) is 4.90 Å². The second kappa shape index (κ2) is 6.69. The van der Waals surface area contributed by atoms with Gasteiger partial charge in [0.05, 0.1) is 4.90 Å². The molecule has 2 amide bonds. The van der Waals surface area contributed by atoms with Crippen molar-refractivity contribution >= 4 is 39.6 Å². The van der Waals surface area contributed by atoms with Crippen LogP contribution >= 0.6 is 11.8 Å². The fourth-order valence-electron chi connectivity index (χ4n) is 3.69. The smallest absolute Gasteiger partial charge is 0.327 e. The summed E-state index contributed by atoms with van der Waals surface area (Å²) in [6.07, 6.45) is 0. The van der Waals surface area contributed by atoms with Crippen LogP contribution in [0.15, 0.2) is 29.2 Å². The monoisotopic (exact) mass is 442 g/mol. The number of benzene rings is 1. The van der Waals surface area contributed by atoms with Gasteiger partial charge in [-0.2, -0.15) is 0 Å². The van der Waals surface area contributed by atoms with Crippen LogP contribution in [-0.4, -0.2) is 57.9 Å². The van der Waals surface area contributed by atoms with E-state index in [1.807, 2.05) is 0 Å². The molecule has 0 bridgehead atoms. The summed E-state index contributed by atoms with van der Waals surface area (Å²) in [5, 5.41) is 16.6. The fraction of sp³-hybridized carbons (Fsp3) is 0.471. The largest absolute Gasteiger partial charge is 0.480 e. The average Bonchev–Trinajstić information content (AvgIpc) is 2.89. The molecule has 2 heterocycles. The lowest BCUT2D eigenvalue weighted by molar-refractivity contribution is -0.168. The molecule has 3 rings (SSSR count). The van der Waals surface area contributed by atoms with E-state index in [4.69, 9.17) is 10.9 Å². The minimum atomic E-state index is -3.87. The van der Waals surface area contributed by atoms with Gasteiger partial charge in [0.1, 0.15) is 23.0 Å². The topological polar surface area (TPSA) is 173 Å². The molecule has 2 aliphatic heterocycles. The van der Waals surface area contributed by atoms with Crippen LogP contribution in [0.25, 0.3) is 0 Å². The number of nitrogens with two attached hydrogens (primary N) is 2. The molecular weight excluding hydrogens is 420 g/mol. The maximum atomic E-state index is 12.7. The van der Waals surface area contributed by atoms with Crippen molar-refractivity contribution in [3.63, 3.8) is 0 Å². The van der Waals surface area contributed by atoms with Gasteiger partial charge in [-0.25, -0.2) is 18.4 Å². The van der Waals surface area contributed by atoms with Gasteiger partial charge in [-0.3, -0.25) is 9.59 Å². The zero-order chi connectivity index (χ0) is 21.9. The Hall–Kier alpha value is -2.15. The van der Waals surface area contributed by atoms with Crippen molar-refractivity contribution < 1.29 is 27.9 Å². The first-order valence-corrected chi connectivity index (χ1v) is 11.1. The summed E-state index contributed by atoms with van der Waals surface area (Å²) in [4.78, 5) is 38.2. The van der Waals surface area contributed by atoms with Gasteiger partial charge in [0.15, 0.2) is 0 Å². The molecule has 0 aromatic heterocycles. The maximum absolute atomic E-state index is 12.7. The lowest BCUT2D eigenvalue weighted by Gasteiger charge is -2.51. The van der Waals surface area contributed by atoms with Crippen molar-refractivity contribution in [3.8, 4) is 0 Å². The van der Waals surface area contributed by atoms with E-state index in [0.717, 1.165) is 0 Å². The molecule has 2 fully saturated rings. The van der Waals surface area contributed by atoms with Crippen LogP contribution in [0.2, 0.25) is 0 Å². The van der Waals surface area contributed by atoms with Crippen LogP contribution < -0.4 is 16.2 Å². The highest BCUT2D eigenvalue weighted by molar-refractivity contribution is 8.01. The summed E-state index contributed by atoms with van der Waals surface area (Å²) < 4.78 is 21.9. The normalized spacial score (nSPS) is 29.0. The van der Waals surface area contributed by atoms with Crippen molar-refractivity contribution in [2.24, 2.45) is 10.9 Å². The molecule has 0 radical (unpaired) electrons. The molecule has 12 heteroatoms. The van der Waals surface area contributed by atoms with E-state index in [0.29, 0.717) is 5.56 Å². The van der Waals surface area contributed by atoms with E-state index in [2.05, 4.69) is 5.32 Å². The van der Waals surface area contributed by atoms with Crippen molar-refractivity contribution in [1.82, 2.24) is 10.2 Å². The van der Waals surface area contributed by atoms with Gasteiger partial charge in [0.2, 0.25) is 15.9 Å². The van der Waals surface area contributed by atoms with Gasteiger partial charge in [-0.05, 0) is 38.5 Å². The Balaban J connectivity index is 1.77. The average molecular weight is 443 g/mol. The Bertz CT molecular complexity index is 994. The molecule has 6 N–H and O–H groups in total. The number of primary sulfonamides is 1. The number of amides is 2. The predicted octanol–water partition coefficient (Wildman–Crippen LogP) is -0.644. The number of sulfonamides is 1. The Morgan fingerprint density at radius 2 is 1.79 bits per heavy atom. The number of carboxylic acids is 1. The summed E-state index contributed by atoms with van der Waals surface area (Å²) in [5.74, 6) is -2.22. The molecule has 2 aliphatic rings. The highest BCUT2D eigenvalue weighted by Crippen LogP contribution is 2.54. The zero-order valence-corrected chi connectivity index (χ0v) is 17.6. The molecule has 0 spiro atoms. The third kappa shape index (κ3) is 3.39. The molecule has 0 aliphatic carbocycles. The molecular formula is C17H22N4O6S2. The number of nitrogens with zero attached hydrogens (tertiary/aromatic N) is 1. The van der Waals surface area contributed by atoms with Crippen LogP contribution in [0.4, 0.5) is 0 Å². The number of fused-ring (bicyclic) bond motifs is 1. The molecule has 4 atom stereocenters. The molecule has 2 unspecified atom stereocenters. The lowest BCUT2D eigenvalue weighted by atomic mass is 9.85. The first-order chi connectivity index (χ1) is 13.2. The number of hydrogen-bond donors (Lipinski definition) is 4. The third-order valence-electron chi connectivity index (χ3n) is 5.24. The summed E-state index contributed by atoms with van der Waals surface area (Å²) in [7, 11) is -3.87. The Labute approximate surface area is 172 Å². The molecule has 1 aromatic carbocycles. The Morgan fingerprint density at radius 3 is 2.28 bits per heavy atom. The quantitative estimate of drug-likeness (QED) is 0.436. The van der Waals surface area contributed by atoms with Crippen molar-refractivity contribution in [2.75, 3.05) is 0 Å². The van der Waals surface area contributed by atoms with Crippen LogP contribution in [-0.2, 0) is 24.4 Å². The number of thioether (sulfide) groups is 1. The number of carboxylic acid groups (broad SMARTS) is 1. The number of nitrogens with one attached hydrogen (secondary N) is 1. The van der Waals surface area contributed by atoms with Gasteiger partial charge in [0.25, 0.3) is 5.91 Å². The SMILES string of the molecule is CC1(C)S[C@H]2N(C(=O)C2(C)NC(=O)C(N)c2ccc(S(N)(=O)=O)cc2)[C@H]1C(=O)O. The summed E-state index contributed by atoms with van der Waals surface area (Å²) in [6.45, 7) is 5.02. The Kier molecular flexibility index (Phi) is 4.97. The first-order valence-electron chi connectivity index (χ1n) is 8.64. The minimum Gasteiger partial charge on any atom is -0.480 e. The molecule has 2 saturated heterocycles. The lowest BCUT2D eigenvalue weighted by Crippen LogP contribution is -2.78. The predicted molar refractivity (Wildman–Crippen MR) is 105 cm³/mol. The molecule has 158 valence electrons. The van der Waals surface area contributed by atoms with Crippen LogP contribution in [0.3, 0.4) is 0 Å². The third-order valence-corrected chi connectivity index (χ3v) is 7.93. The van der Waals surface area contributed by atoms with Gasteiger partial charge < -0.3 is 21.1 Å². The number of aliphatic carboxylic acids is 1. The molecule has 29 heavy (non-hydrogen) atoms. The molecule has 10 nitrogen and oxygen atoms in total. The highest BCUT2D eigenvalue weighted by atomic mass is 32.2. The van der Waals surface area contributed by atoms with E-state index in [1.54, 1.807) is 20.8 Å². The van der Waals surface area contributed by atoms with Gasteiger partial charge in [-0.1, -0.05) is 12.1 Å². The van der Waals surface area contributed by atoms with E-state index in [1.165, 1.54) is 40.9 Å². The minimum absolute atomic E-state index is 0.116. The number of carbonyl (C=O) groups excluding carboxylic acids is 2. The van der Waals surface area contributed by atoms with E-state index < -0.39 is 55.6 Å². The van der Waals surface area contributed by atoms with Gasteiger partial charge >= 0.3 is 5.97 Å². The van der Waals surface area contributed by atoms with Crippen molar-refractivity contribution in [1.29, 1.82) is 0 Å².